The van der Waals surface area contributed by atoms with E-state index < -0.39 is 7.26 Å². The Morgan fingerprint density at radius 2 is 0.917 bits per heavy atom. The van der Waals surface area contributed by atoms with Gasteiger partial charge in [0.15, 0.2) is 0 Å². The molecule has 0 bridgehead atoms. The second-order valence-electron chi connectivity index (χ2n) is 5.89. The molecule has 118 valence electrons. The molecule has 3 aromatic carbocycles. The van der Waals surface area contributed by atoms with E-state index in [2.05, 4.69) is 97.9 Å². The molecular weight excluding hydrogens is 417 g/mol. The van der Waals surface area contributed by atoms with Crippen LogP contribution in [0.25, 0.3) is 0 Å². The molecule has 0 saturated heterocycles. The van der Waals surface area contributed by atoms with Crippen molar-refractivity contribution in [2.75, 3.05) is 6.16 Å². The largest absolute Gasteiger partial charge is 3.00 e. The van der Waals surface area contributed by atoms with Crippen molar-refractivity contribution in [3.63, 3.8) is 0 Å². The van der Waals surface area contributed by atoms with Gasteiger partial charge in [0.1, 0.15) is 23.2 Å². The first-order chi connectivity index (χ1) is 11.4. The molecule has 0 spiro atoms. The van der Waals surface area contributed by atoms with Gasteiger partial charge >= 0.3 is 24.4 Å². The number of hydrogen-bond donors (Lipinski definition) is 0. The van der Waals surface area contributed by atoms with Crippen molar-refractivity contribution in [3.8, 4) is 0 Å². The van der Waals surface area contributed by atoms with Crippen LogP contribution in [0.5, 0.6) is 0 Å². The Hall–Kier alpha value is -1.09. The van der Waals surface area contributed by atoms with E-state index in [0.29, 0.717) is 0 Å². The number of benzene rings is 3. The fourth-order valence-electron chi connectivity index (χ4n) is 3.28. The Labute approximate surface area is 164 Å². The molecule has 0 heterocycles. The van der Waals surface area contributed by atoms with Crippen LogP contribution in [-0.2, 0) is 0 Å². The normalized spacial score (nSPS) is 10.9. The maximum atomic E-state index is 2.32. The molecule has 0 amide bonds. The zero-order chi connectivity index (χ0) is 16.0. The minimum atomic E-state index is -1.57. The molecule has 0 unspecified atom stereocenters. The minimum absolute atomic E-state index is 0. The third-order valence-corrected chi connectivity index (χ3v) is 8.96. The Morgan fingerprint density at radius 1 is 0.583 bits per heavy atom. The van der Waals surface area contributed by atoms with Gasteiger partial charge < -0.3 is 0 Å². The van der Waals surface area contributed by atoms with Gasteiger partial charge in [-0.1, -0.05) is 67.9 Å². The summed E-state index contributed by atoms with van der Waals surface area (Å²) < 4.78 is 0. The van der Waals surface area contributed by atoms with Crippen LogP contribution in [0.3, 0.4) is 0 Å². The molecule has 3 rings (SSSR count). The fraction of sp³-hybridized carbons (Fsp3) is 0.182. The average Bonchev–Trinajstić information content (AvgIpc) is 2.65. The Balaban J connectivity index is 0.00000208. The predicted octanol–water partition coefficient (Wildman–Crippen LogP) is 4.40. The summed E-state index contributed by atoms with van der Waals surface area (Å²) in [5.74, 6) is 0. The molecule has 0 fully saturated rings. The van der Waals surface area contributed by atoms with E-state index in [0.717, 1.165) is 0 Å². The van der Waals surface area contributed by atoms with Crippen LogP contribution in [0, 0.1) is 0 Å². The van der Waals surface area contributed by atoms with Gasteiger partial charge in [-0.05, 0) is 42.8 Å². The summed E-state index contributed by atoms with van der Waals surface area (Å²) in [5.41, 5.74) is 0. The van der Waals surface area contributed by atoms with Gasteiger partial charge in [0, 0.05) is 0 Å². The van der Waals surface area contributed by atoms with E-state index >= 15 is 0 Å². The quantitative estimate of drug-likeness (QED) is 0.393. The summed E-state index contributed by atoms with van der Waals surface area (Å²) in [4.78, 5) is 0. The van der Waals surface area contributed by atoms with Crippen LogP contribution in [0.1, 0.15) is 19.8 Å². The molecule has 0 aromatic heterocycles. The van der Waals surface area contributed by atoms with Crippen LogP contribution < -0.4 is 15.9 Å². The molecule has 0 atom stereocenters. The maximum absolute atomic E-state index is 2.32. The first-order valence-corrected chi connectivity index (χ1v) is 10.4. The van der Waals surface area contributed by atoms with E-state index in [1.54, 1.807) is 0 Å². The van der Waals surface area contributed by atoms with Crippen LogP contribution in [0.2, 0.25) is 0 Å². The van der Waals surface area contributed by atoms with E-state index in [1.165, 1.54) is 34.9 Å². The Kier molecular flexibility index (Phi) is 7.54. The number of rotatable bonds is 6. The zero-order valence-electron chi connectivity index (χ0n) is 14.2. The third kappa shape index (κ3) is 3.93. The summed E-state index contributed by atoms with van der Waals surface area (Å²) in [7, 11) is -1.57. The fourth-order valence-corrected chi connectivity index (χ4v) is 7.78. The third-order valence-electron chi connectivity index (χ3n) is 4.44. The molecule has 0 nitrogen and oxygen atoms in total. The molecule has 0 aliphatic heterocycles. The maximum Gasteiger partial charge on any atom is 3.00 e. The topological polar surface area (TPSA) is 0 Å². The molecule has 0 aliphatic carbocycles. The van der Waals surface area contributed by atoms with Crippen molar-refractivity contribution in [3.05, 3.63) is 91.0 Å². The van der Waals surface area contributed by atoms with Crippen molar-refractivity contribution < 1.29 is 0 Å². The van der Waals surface area contributed by atoms with Gasteiger partial charge in [-0.15, -0.1) is 0 Å². The summed E-state index contributed by atoms with van der Waals surface area (Å²) in [5, 5.41) is 4.47. The van der Waals surface area contributed by atoms with Crippen LogP contribution in [-0.4, -0.2) is 30.6 Å². The molecule has 24 heavy (non-hydrogen) atoms. The van der Waals surface area contributed by atoms with E-state index in [4.69, 9.17) is 0 Å². The van der Waals surface area contributed by atoms with Crippen molar-refractivity contribution in [2.24, 2.45) is 0 Å². The smallest absolute Gasteiger partial charge is 0.0652 e. The van der Waals surface area contributed by atoms with Crippen LogP contribution in [0.4, 0.5) is 0 Å². The summed E-state index contributed by atoms with van der Waals surface area (Å²) >= 11 is 0. The molecule has 0 N–H and O–H groups in total. The van der Waals surface area contributed by atoms with Crippen molar-refractivity contribution in [2.45, 2.75) is 19.8 Å². The molecule has 3 aromatic rings. The van der Waals surface area contributed by atoms with Crippen molar-refractivity contribution >= 4 is 47.6 Å². The number of unbranched alkanes of at least 4 members (excludes halogenated alkanes) is 1. The molecule has 2 radical (unpaired) electrons. The van der Waals surface area contributed by atoms with Gasteiger partial charge in [0.25, 0.3) is 0 Å². The van der Waals surface area contributed by atoms with Gasteiger partial charge in [0.05, 0.1) is 6.16 Å². The zero-order valence-corrected chi connectivity index (χ0v) is 17.6. The van der Waals surface area contributed by atoms with Crippen LogP contribution >= 0.6 is 7.26 Å². The second-order valence-corrected chi connectivity index (χ2v) is 9.51. The SMILES string of the molecule is CCCC[P+](c1ccccc1)(c1ccccc1)c1ccccc1.[Sb+3]. The Bertz CT molecular complexity index is 614. The molecule has 0 saturated carbocycles. The van der Waals surface area contributed by atoms with Crippen molar-refractivity contribution in [1.82, 2.24) is 0 Å². The number of hydrogen-bond acceptors (Lipinski definition) is 0. The molecule has 2 heteroatoms. The van der Waals surface area contributed by atoms with Crippen LogP contribution in [0.15, 0.2) is 91.0 Å². The molecular formula is C22H24PSb+4. The standard InChI is InChI=1S/C22H24P.Sb/c1-2-3-19-23(20-13-7-4-8-14-20,21-15-9-5-10-16-21)22-17-11-6-12-18-22;/h4-18H,2-3,19H2,1H3;/q+1;+3. The predicted molar refractivity (Wildman–Crippen MR) is 111 cm³/mol. The molecule has 0 aliphatic rings. The van der Waals surface area contributed by atoms with Crippen molar-refractivity contribution in [1.29, 1.82) is 0 Å². The average molecular weight is 441 g/mol. The first-order valence-electron chi connectivity index (χ1n) is 8.43. The van der Waals surface area contributed by atoms with Gasteiger partial charge in [-0.25, -0.2) is 0 Å². The van der Waals surface area contributed by atoms with E-state index in [-0.39, 0.29) is 24.4 Å². The minimum Gasteiger partial charge on any atom is -0.0652 e. The first kappa shape index (κ1) is 19.2. The Morgan fingerprint density at radius 3 is 1.21 bits per heavy atom. The summed E-state index contributed by atoms with van der Waals surface area (Å²) in [6.07, 6.45) is 3.72. The monoisotopic (exact) mass is 440 g/mol. The summed E-state index contributed by atoms with van der Waals surface area (Å²) in [6, 6.07) is 33.4. The van der Waals surface area contributed by atoms with E-state index in [9.17, 15) is 0 Å². The van der Waals surface area contributed by atoms with Gasteiger partial charge in [0.2, 0.25) is 0 Å². The van der Waals surface area contributed by atoms with E-state index in [1.807, 2.05) is 0 Å². The van der Waals surface area contributed by atoms with Gasteiger partial charge in [-0.2, -0.15) is 0 Å². The second kappa shape index (κ2) is 9.41. The van der Waals surface area contributed by atoms with Gasteiger partial charge in [-0.3, -0.25) is 0 Å². The summed E-state index contributed by atoms with van der Waals surface area (Å²) in [6.45, 7) is 2.29.